The molecule has 3 aromatic rings. The smallest absolute Gasteiger partial charge is 0.270 e. The monoisotopic (exact) mass is 405 g/mol. The van der Waals surface area contributed by atoms with Crippen LogP contribution in [0.2, 0.25) is 0 Å². The normalized spacial score (nSPS) is 11.6. The van der Waals surface area contributed by atoms with Gasteiger partial charge in [0.2, 0.25) is 0 Å². The van der Waals surface area contributed by atoms with Crippen LogP contribution in [0.1, 0.15) is 40.2 Å². The van der Waals surface area contributed by atoms with E-state index in [2.05, 4.69) is 17.7 Å². The van der Waals surface area contributed by atoms with Gasteiger partial charge in [-0.05, 0) is 61.7 Å². The number of carbonyl (C=O) groups excluding carboxylic acids is 2. The van der Waals surface area contributed by atoms with Gasteiger partial charge < -0.3 is 10.1 Å². The highest BCUT2D eigenvalue weighted by molar-refractivity contribution is 6.00. The Morgan fingerprint density at radius 1 is 0.933 bits per heavy atom. The fourth-order valence-corrected chi connectivity index (χ4v) is 3.08. The summed E-state index contributed by atoms with van der Waals surface area (Å²) in [5, 5.41) is 2.89. The number of nitrogens with one attached hydrogen (secondary N) is 2. The fraction of sp³-hybridized carbons (Fsp3) is 0.250. The summed E-state index contributed by atoms with van der Waals surface area (Å²) in [6, 6.07) is 20.6. The Hall–Kier alpha value is -3.54. The van der Waals surface area contributed by atoms with Gasteiger partial charge in [-0.3, -0.25) is 19.7 Å². The molecule has 30 heavy (non-hydrogen) atoms. The Bertz CT molecular complexity index is 975. The first-order valence-corrected chi connectivity index (χ1v) is 9.95. The summed E-state index contributed by atoms with van der Waals surface area (Å²) in [5.41, 5.74) is 6.45. The van der Waals surface area contributed by atoms with Crippen molar-refractivity contribution in [2.45, 2.75) is 26.7 Å². The van der Waals surface area contributed by atoms with Crippen molar-refractivity contribution in [2.75, 3.05) is 18.6 Å². The van der Waals surface area contributed by atoms with Gasteiger partial charge in [0.1, 0.15) is 5.75 Å². The average molecular weight is 405 g/mol. The Labute approximate surface area is 176 Å². The summed E-state index contributed by atoms with van der Waals surface area (Å²) < 4.78 is 7.28. The van der Waals surface area contributed by atoms with Crippen LogP contribution in [-0.2, 0) is 4.79 Å². The second kappa shape index (κ2) is 9.78. The lowest BCUT2D eigenvalue weighted by atomic mass is 10.0. The van der Waals surface area contributed by atoms with E-state index in [-0.39, 0.29) is 24.3 Å². The van der Waals surface area contributed by atoms with Crippen molar-refractivity contribution in [3.05, 3.63) is 89.2 Å². The molecule has 0 aliphatic rings. The number of hydrogen-bond acceptors (Lipinski definition) is 3. The maximum absolute atomic E-state index is 12.4. The SMILES string of the molecule is Cc1ccc(C)n1NC(=O)c1ccc(OCC(=O)NC[C@H](C)c2ccccc2)cc1. The van der Waals surface area contributed by atoms with Gasteiger partial charge >= 0.3 is 0 Å². The first kappa shape index (κ1) is 21.2. The molecule has 0 aliphatic carbocycles. The predicted octanol–water partition coefficient (Wildman–Crippen LogP) is 3.79. The Balaban J connectivity index is 1.46. The number of amides is 2. The molecule has 1 heterocycles. The molecule has 1 aromatic heterocycles. The van der Waals surface area contributed by atoms with Crippen molar-refractivity contribution in [3.63, 3.8) is 0 Å². The van der Waals surface area contributed by atoms with Gasteiger partial charge in [0.15, 0.2) is 6.61 Å². The number of nitrogens with zero attached hydrogens (tertiary/aromatic N) is 1. The molecule has 6 nitrogen and oxygen atoms in total. The minimum absolute atomic E-state index is 0.0746. The lowest BCUT2D eigenvalue weighted by Gasteiger charge is -2.14. The number of aryl methyl sites for hydroxylation is 2. The second-order valence-electron chi connectivity index (χ2n) is 7.32. The van der Waals surface area contributed by atoms with Gasteiger partial charge in [-0.25, -0.2) is 0 Å². The molecule has 2 amide bonds. The van der Waals surface area contributed by atoms with Gasteiger partial charge in [0.05, 0.1) is 0 Å². The highest BCUT2D eigenvalue weighted by Gasteiger charge is 2.10. The van der Waals surface area contributed by atoms with E-state index in [1.807, 2.05) is 56.3 Å². The van der Waals surface area contributed by atoms with Crippen LogP contribution in [0.5, 0.6) is 5.75 Å². The molecular weight excluding hydrogens is 378 g/mol. The van der Waals surface area contributed by atoms with Crippen LogP contribution in [0.4, 0.5) is 0 Å². The van der Waals surface area contributed by atoms with Crippen LogP contribution >= 0.6 is 0 Å². The van der Waals surface area contributed by atoms with Gasteiger partial charge in [-0.15, -0.1) is 0 Å². The average Bonchev–Trinajstić information content (AvgIpc) is 3.09. The first-order valence-electron chi connectivity index (χ1n) is 9.95. The molecule has 1 atom stereocenters. The Morgan fingerprint density at radius 3 is 2.20 bits per heavy atom. The number of carbonyl (C=O) groups is 2. The zero-order valence-corrected chi connectivity index (χ0v) is 17.5. The molecule has 0 saturated carbocycles. The van der Waals surface area contributed by atoms with Crippen molar-refractivity contribution in [1.29, 1.82) is 0 Å². The topological polar surface area (TPSA) is 72.4 Å². The molecule has 2 N–H and O–H groups in total. The third kappa shape index (κ3) is 5.50. The maximum atomic E-state index is 12.4. The number of rotatable bonds is 8. The molecule has 3 rings (SSSR count). The van der Waals surface area contributed by atoms with E-state index in [1.165, 1.54) is 5.56 Å². The summed E-state index contributed by atoms with van der Waals surface area (Å²) in [7, 11) is 0. The van der Waals surface area contributed by atoms with Crippen molar-refractivity contribution in [2.24, 2.45) is 0 Å². The molecule has 0 radical (unpaired) electrons. The minimum Gasteiger partial charge on any atom is -0.484 e. The van der Waals surface area contributed by atoms with Crippen LogP contribution in [0.3, 0.4) is 0 Å². The number of aromatic nitrogens is 1. The highest BCUT2D eigenvalue weighted by Crippen LogP contribution is 2.14. The van der Waals surface area contributed by atoms with Crippen molar-refractivity contribution in [1.82, 2.24) is 9.99 Å². The summed E-state index contributed by atoms with van der Waals surface area (Å²) in [6.07, 6.45) is 0. The minimum atomic E-state index is -0.211. The summed E-state index contributed by atoms with van der Waals surface area (Å²) in [6.45, 7) is 6.39. The fourth-order valence-electron chi connectivity index (χ4n) is 3.08. The van der Waals surface area contributed by atoms with E-state index in [0.29, 0.717) is 17.9 Å². The molecule has 156 valence electrons. The third-order valence-electron chi connectivity index (χ3n) is 4.94. The molecule has 6 heteroatoms. The van der Waals surface area contributed by atoms with Gasteiger partial charge in [-0.1, -0.05) is 37.3 Å². The van der Waals surface area contributed by atoms with Crippen molar-refractivity contribution >= 4 is 11.8 Å². The third-order valence-corrected chi connectivity index (χ3v) is 4.94. The van der Waals surface area contributed by atoms with E-state index in [9.17, 15) is 9.59 Å². The molecule has 0 unspecified atom stereocenters. The zero-order valence-electron chi connectivity index (χ0n) is 17.5. The van der Waals surface area contributed by atoms with Crippen LogP contribution in [0, 0.1) is 13.8 Å². The summed E-state index contributed by atoms with van der Waals surface area (Å²) in [4.78, 5) is 24.5. The quantitative estimate of drug-likeness (QED) is 0.599. The molecule has 2 aromatic carbocycles. The maximum Gasteiger partial charge on any atom is 0.270 e. The number of benzene rings is 2. The first-order chi connectivity index (χ1) is 14.4. The second-order valence-corrected chi connectivity index (χ2v) is 7.32. The standard InChI is InChI=1S/C24H27N3O3/c1-17(20-7-5-4-6-8-20)15-25-23(28)16-30-22-13-11-21(12-14-22)24(29)26-27-18(2)9-10-19(27)3/h4-14,17H,15-16H2,1-3H3,(H,25,28)(H,26,29)/t17-/m0/s1. The van der Waals surface area contributed by atoms with Crippen molar-refractivity contribution < 1.29 is 14.3 Å². The molecule has 0 saturated heterocycles. The van der Waals surface area contributed by atoms with Crippen LogP contribution in [0.25, 0.3) is 0 Å². The number of hydrogen-bond donors (Lipinski definition) is 2. The predicted molar refractivity (Wildman–Crippen MR) is 117 cm³/mol. The molecule has 0 aliphatic heterocycles. The van der Waals surface area contributed by atoms with Gasteiger partial charge in [0.25, 0.3) is 11.8 Å². The van der Waals surface area contributed by atoms with E-state index in [1.54, 1.807) is 28.9 Å². The largest absolute Gasteiger partial charge is 0.484 e. The van der Waals surface area contributed by atoms with E-state index < -0.39 is 0 Å². The van der Waals surface area contributed by atoms with E-state index in [4.69, 9.17) is 4.74 Å². The lowest BCUT2D eigenvalue weighted by molar-refractivity contribution is -0.123. The molecule has 0 spiro atoms. The van der Waals surface area contributed by atoms with Gasteiger partial charge in [-0.2, -0.15) is 0 Å². The lowest BCUT2D eigenvalue weighted by Crippen LogP contribution is -2.31. The van der Waals surface area contributed by atoms with Gasteiger partial charge in [0, 0.05) is 23.5 Å². The summed E-state index contributed by atoms with van der Waals surface area (Å²) in [5.74, 6) is 0.362. The van der Waals surface area contributed by atoms with Crippen LogP contribution in [0.15, 0.2) is 66.7 Å². The highest BCUT2D eigenvalue weighted by atomic mass is 16.5. The van der Waals surface area contributed by atoms with Crippen LogP contribution < -0.4 is 15.5 Å². The van der Waals surface area contributed by atoms with E-state index >= 15 is 0 Å². The Morgan fingerprint density at radius 2 is 1.57 bits per heavy atom. The van der Waals surface area contributed by atoms with Crippen LogP contribution in [-0.4, -0.2) is 29.6 Å². The summed E-state index contributed by atoms with van der Waals surface area (Å²) >= 11 is 0. The molecule has 0 fully saturated rings. The van der Waals surface area contributed by atoms with Crippen molar-refractivity contribution in [3.8, 4) is 5.75 Å². The zero-order chi connectivity index (χ0) is 21.5. The number of ether oxygens (including phenoxy) is 1. The van der Waals surface area contributed by atoms with E-state index in [0.717, 1.165) is 11.4 Å². The molecular formula is C24H27N3O3. The molecule has 0 bridgehead atoms. The Kier molecular flexibility index (Phi) is 6.91.